The van der Waals surface area contributed by atoms with Gasteiger partial charge in [0.15, 0.2) is 0 Å². The molecule has 0 spiro atoms. The van der Waals surface area contributed by atoms with E-state index in [0.717, 1.165) is 16.6 Å². The molecular weight excluding hydrogens is 222 g/mol. The first-order chi connectivity index (χ1) is 7.39. The number of hydrogen-bond donors (Lipinski definition) is 1. The Morgan fingerprint density at radius 2 is 1.88 bits per heavy atom. The van der Waals surface area contributed by atoms with Gasteiger partial charge in [-0.15, -0.1) is 0 Å². The molecule has 0 atom stereocenters. The molecule has 0 saturated carbocycles. The van der Waals surface area contributed by atoms with Crippen molar-refractivity contribution in [1.82, 2.24) is 9.97 Å². The SMILES string of the molecule is CC(C)(C)c1nc(N)nc2c(Cl)cccc12. The molecule has 4 heteroatoms. The van der Waals surface area contributed by atoms with Gasteiger partial charge in [-0.1, -0.05) is 44.5 Å². The fourth-order valence-electron chi connectivity index (χ4n) is 1.71. The second-order valence-corrected chi connectivity index (χ2v) is 5.22. The van der Waals surface area contributed by atoms with Crippen molar-refractivity contribution in [3.8, 4) is 0 Å². The summed E-state index contributed by atoms with van der Waals surface area (Å²) in [4.78, 5) is 8.51. The summed E-state index contributed by atoms with van der Waals surface area (Å²) in [5.41, 5.74) is 7.28. The minimum absolute atomic E-state index is 0.0833. The number of fused-ring (bicyclic) bond motifs is 1. The highest BCUT2D eigenvalue weighted by molar-refractivity contribution is 6.35. The van der Waals surface area contributed by atoms with Crippen LogP contribution in [0.25, 0.3) is 10.9 Å². The van der Waals surface area contributed by atoms with Gasteiger partial charge in [0.25, 0.3) is 0 Å². The van der Waals surface area contributed by atoms with Gasteiger partial charge in [-0.25, -0.2) is 9.97 Å². The average Bonchev–Trinajstić information content (AvgIpc) is 2.17. The summed E-state index contributed by atoms with van der Waals surface area (Å²) in [5, 5.41) is 1.58. The first-order valence-electron chi connectivity index (χ1n) is 5.12. The van der Waals surface area contributed by atoms with Crippen molar-refractivity contribution in [2.75, 3.05) is 5.73 Å². The summed E-state index contributed by atoms with van der Waals surface area (Å²) in [7, 11) is 0. The number of halogens is 1. The van der Waals surface area contributed by atoms with Crippen molar-refractivity contribution in [3.63, 3.8) is 0 Å². The first kappa shape index (κ1) is 11.1. The molecule has 0 amide bonds. The van der Waals surface area contributed by atoms with Crippen LogP contribution in [0.1, 0.15) is 26.5 Å². The Hall–Kier alpha value is -1.35. The minimum atomic E-state index is -0.0833. The van der Waals surface area contributed by atoms with Crippen molar-refractivity contribution in [2.45, 2.75) is 26.2 Å². The number of nitrogen functional groups attached to an aromatic ring is 1. The predicted molar refractivity (Wildman–Crippen MR) is 67.7 cm³/mol. The average molecular weight is 236 g/mol. The molecular formula is C12H14ClN3. The normalized spacial score (nSPS) is 12.0. The molecule has 0 bridgehead atoms. The number of nitrogens with two attached hydrogens (primary N) is 1. The van der Waals surface area contributed by atoms with Crippen LogP contribution in [0, 0.1) is 0 Å². The lowest BCUT2D eigenvalue weighted by Gasteiger charge is -2.20. The zero-order chi connectivity index (χ0) is 11.9. The molecule has 0 aliphatic rings. The monoisotopic (exact) mass is 235 g/mol. The largest absolute Gasteiger partial charge is 0.368 e. The summed E-state index contributed by atoms with van der Waals surface area (Å²) < 4.78 is 0. The second kappa shape index (κ2) is 3.59. The topological polar surface area (TPSA) is 51.8 Å². The van der Waals surface area contributed by atoms with E-state index >= 15 is 0 Å². The van der Waals surface area contributed by atoms with Crippen LogP contribution in [-0.2, 0) is 5.41 Å². The van der Waals surface area contributed by atoms with Crippen molar-refractivity contribution >= 4 is 28.5 Å². The Morgan fingerprint density at radius 3 is 2.50 bits per heavy atom. The van der Waals surface area contributed by atoms with Crippen molar-refractivity contribution in [3.05, 3.63) is 28.9 Å². The number of nitrogens with zero attached hydrogens (tertiary/aromatic N) is 2. The molecule has 0 unspecified atom stereocenters. The van der Waals surface area contributed by atoms with E-state index in [1.807, 2.05) is 18.2 Å². The van der Waals surface area contributed by atoms with Crippen molar-refractivity contribution < 1.29 is 0 Å². The maximum Gasteiger partial charge on any atom is 0.220 e. The van der Waals surface area contributed by atoms with Crippen LogP contribution in [0.3, 0.4) is 0 Å². The van der Waals surface area contributed by atoms with E-state index in [1.54, 1.807) is 0 Å². The highest BCUT2D eigenvalue weighted by Gasteiger charge is 2.20. The van der Waals surface area contributed by atoms with Gasteiger partial charge in [0.1, 0.15) is 0 Å². The zero-order valence-electron chi connectivity index (χ0n) is 9.58. The molecule has 16 heavy (non-hydrogen) atoms. The van der Waals surface area contributed by atoms with Gasteiger partial charge in [-0.2, -0.15) is 0 Å². The lowest BCUT2D eigenvalue weighted by atomic mass is 9.89. The smallest absolute Gasteiger partial charge is 0.220 e. The highest BCUT2D eigenvalue weighted by atomic mass is 35.5. The quantitative estimate of drug-likeness (QED) is 0.763. The molecule has 2 aromatic rings. The maximum atomic E-state index is 6.11. The third-order valence-corrected chi connectivity index (χ3v) is 2.71. The van der Waals surface area contributed by atoms with Crippen LogP contribution in [0.5, 0.6) is 0 Å². The zero-order valence-corrected chi connectivity index (χ0v) is 10.3. The molecule has 0 radical (unpaired) electrons. The van der Waals surface area contributed by atoms with E-state index in [9.17, 15) is 0 Å². The number of aromatic nitrogens is 2. The lowest BCUT2D eigenvalue weighted by molar-refractivity contribution is 0.575. The van der Waals surface area contributed by atoms with Gasteiger partial charge in [-0.3, -0.25) is 0 Å². The third-order valence-electron chi connectivity index (χ3n) is 2.41. The van der Waals surface area contributed by atoms with Gasteiger partial charge in [0.05, 0.1) is 16.2 Å². The minimum Gasteiger partial charge on any atom is -0.368 e. The summed E-state index contributed by atoms with van der Waals surface area (Å²) >= 11 is 6.11. The number of hydrogen-bond acceptors (Lipinski definition) is 3. The van der Waals surface area contributed by atoms with Crippen molar-refractivity contribution in [1.29, 1.82) is 0 Å². The van der Waals surface area contributed by atoms with Crippen LogP contribution in [0.2, 0.25) is 5.02 Å². The Kier molecular flexibility index (Phi) is 2.50. The van der Waals surface area contributed by atoms with Crippen LogP contribution in [0.15, 0.2) is 18.2 Å². The van der Waals surface area contributed by atoms with E-state index in [0.29, 0.717) is 5.02 Å². The molecule has 1 aromatic carbocycles. The van der Waals surface area contributed by atoms with Gasteiger partial charge in [0, 0.05) is 10.8 Å². The van der Waals surface area contributed by atoms with E-state index in [1.165, 1.54) is 0 Å². The van der Waals surface area contributed by atoms with E-state index < -0.39 is 0 Å². The molecule has 0 saturated heterocycles. The molecule has 0 aliphatic carbocycles. The Morgan fingerprint density at radius 1 is 1.19 bits per heavy atom. The molecule has 2 N–H and O–H groups in total. The van der Waals surface area contributed by atoms with Crippen LogP contribution < -0.4 is 5.73 Å². The Balaban J connectivity index is 2.89. The number of rotatable bonds is 0. The van der Waals surface area contributed by atoms with Gasteiger partial charge >= 0.3 is 0 Å². The van der Waals surface area contributed by atoms with Crippen LogP contribution >= 0.6 is 11.6 Å². The molecule has 84 valence electrons. The molecule has 3 nitrogen and oxygen atoms in total. The predicted octanol–water partition coefficient (Wildman–Crippen LogP) is 3.16. The Bertz CT molecular complexity index is 544. The van der Waals surface area contributed by atoms with Gasteiger partial charge in [0.2, 0.25) is 5.95 Å². The van der Waals surface area contributed by atoms with E-state index in [2.05, 4.69) is 30.7 Å². The lowest BCUT2D eigenvalue weighted by Crippen LogP contribution is -2.16. The molecule has 0 fully saturated rings. The molecule has 1 aromatic heterocycles. The maximum absolute atomic E-state index is 6.11. The van der Waals surface area contributed by atoms with E-state index in [-0.39, 0.29) is 11.4 Å². The highest BCUT2D eigenvalue weighted by Crippen LogP contribution is 2.31. The van der Waals surface area contributed by atoms with Gasteiger partial charge in [-0.05, 0) is 6.07 Å². The fraction of sp³-hybridized carbons (Fsp3) is 0.333. The summed E-state index contributed by atoms with van der Waals surface area (Å²) in [6.45, 7) is 6.28. The molecule has 2 rings (SSSR count). The fourth-order valence-corrected chi connectivity index (χ4v) is 1.92. The number of para-hydroxylation sites is 1. The molecule has 1 heterocycles. The van der Waals surface area contributed by atoms with E-state index in [4.69, 9.17) is 17.3 Å². The first-order valence-corrected chi connectivity index (χ1v) is 5.49. The number of anilines is 1. The summed E-state index contributed by atoms with van der Waals surface area (Å²) in [5.74, 6) is 0.269. The van der Waals surface area contributed by atoms with Crippen LogP contribution in [-0.4, -0.2) is 9.97 Å². The second-order valence-electron chi connectivity index (χ2n) is 4.82. The summed E-state index contributed by atoms with van der Waals surface area (Å²) in [6.07, 6.45) is 0. The van der Waals surface area contributed by atoms with Crippen molar-refractivity contribution in [2.24, 2.45) is 0 Å². The standard InChI is InChI=1S/C12H14ClN3/c1-12(2,3)10-7-5-4-6-8(13)9(7)15-11(14)16-10/h4-6H,1-3H3,(H2,14,15,16). The van der Waals surface area contributed by atoms with Crippen LogP contribution in [0.4, 0.5) is 5.95 Å². The Labute approximate surface area is 99.7 Å². The summed E-state index contributed by atoms with van der Waals surface area (Å²) in [6, 6.07) is 5.68. The molecule has 0 aliphatic heterocycles. The number of benzene rings is 1. The third kappa shape index (κ3) is 1.83. The van der Waals surface area contributed by atoms with Gasteiger partial charge < -0.3 is 5.73 Å².